The van der Waals surface area contributed by atoms with E-state index in [-0.39, 0.29) is 0 Å². The van der Waals surface area contributed by atoms with Crippen molar-refractivity contribution in [3.8, 4) is 0 Å². The third kappa shape index (κ3) is 3.01. The molecule has 0 bridgehead atoms. The molecule has 2 rings (SSSR count). The number of carboxylic acids is 1. The predicted octanol–water partition coefficient (Wildman–Crippen LogP) is 3.08. The normalized spacial score (nSPS) is 35.7. The van der Waals surface area contributed by atoms with Gasteiger partial charge in [-0.2, -0.15) is 0 Å². The molecule has 2 aliphatic rings. The van der Waals surface area contributed by atoms with E-state index in [9.17, 15) is 9.90 Å². The summed E-state index contributed by atoms with van der Waals surface area (Å²) in [6, 6.07) is 0. The maximum absolute atomic E-state index is 11.7. The van der Waals surface area contributed by atoms with Crippen LogP contribution < -0.4 is 0 Å². The van der Waals surface area contributed by atoms with E-state index in [4.69, 9.17) is 4.74 Å². The van der Waals surface area contributed by atoms with Crippen LogP contribution in [0.4, 0.5) is 0 Å². The molecule has 1 aliphatic heterocycles. The minimum atomic E-state index is -0.560. The average molecular weight is 240 g/mol. The lowest BCUT2D eigenvalue weighted by Gasteiger charge is -2.39. The van der Waals surface area contributed by atoms with Crippen LogP contribution in [-0.4, -0.2) is 24.3 Å². The van der Waals surface area contributed by atoms with Gasteiger partial charge in [-0.1, -0.05) is 19.8 Å². The van der Waals surface area contributed by atoms with Crippen molar-refractivity contribution >= 4 is 5.97 Å². The number of ether oxygens (including phenoxy) is 1. The van der Waals surface area contributed by atoms with Gasteiger partial charge in [0, 0.05) is 13.2 Å². The summed E-state index contributed by atoms with van der Waals surface area (Å²) in [6.07, 6.45) is 6.99. The molecule has 17 heavy (non-hydrogen) atoms. The van der Waals surface area contributed by atoms with Crippen molar-refractivity contribution in [2.24, 2.45) is 17.3 Å². The highest BCUT2D eigenvalue weighted by Gasteiger charge is 2.43. The maximum Gasteiger partial charge on any atom is 0.309 e. The Bertz CT molecular complexity index is 271. The Labute approximate surface area is 104 Å². The lowest BCUT2D eigenvalue weighted by atomic mass is 9.65. The SMILES string of the molecule is CC1CCCC(CC2CCOCC2)(C(=O)O)C1. The first-order valence-corrected chi connectivity index (χ1v) is 6.93. The molecule has 98 valence electrons. The van der Waals surface area contributed by atoms with E-state index in [1.54, 1.807) is 0 Å². The van der Waals surface area contributed by atoms with Gasteiger partial charge in [0.2, 0.25) is 0 Å². The van der Waals surface area contributed by atoms with Gasteiger partial charge in [-0.3, -0.25) is 4.79 Å². The Morgan fingerprint density at radius 2 is 2.06 bits per heavy atom. The molecule has 3 nitrogen and oxygen atoms in total. The molecule has 0 spiro atoms. The molecule has 2 unspecified atom stereocenters. The second-order valence-corrected chi connectivity index (χ2v) is 6.05. The van der Waals surface area contributed by atoms with E-state index in [2.05, 4.69) is 6.92 Å². The van der Waals surface area contributed by atoms with Crippen LogP contribution in [0.1, 0.15) is 51.9 Å². The van der Waals surface area contributed by atoms with Gasteiger partial charge >= 0.3 is 5.97 Å². The van der Waals surface area contributed by atoms with Crippen LogP contribution in [0, 0.1) is 17.3 Å². The molecule has 0 aromatic heterocycles. The van der Waals surface area contributed by atoms with Gasteiger partial charge < -0.3 is 9.84 Å². The molecule has 3 heteroatoms. The van der Waals surface area contributed by atoms with Gasteiger partial charge in [0.15, 0.2) is 0 Å². The van der Waals surface area contributed by atoms with Crippen LogP contribution in [0.15, 0.2) is 0 Å². The molecule has 1 N–H and O–H groups in total. The van der Waals surface area contributed by atoms with Crippen LogP contribution in [0.2, 0.25) is 0 Å². The van der Waals surface area contributed by atoms with Crippen LogP contribution >= 0.6 is 0 Å². The third-order valence-electron chi connectivity index (χ3n) is 4.57. The fourth-order valence-corrected chi connectivity index (χ4v) is 3.63. The summed E-state index contributed by atoms with van der Waals surface area (Å²) in [4.78, 5) is 11.7. The summed E-state index contributed by atoms with van der Waals surface area (Å²) in [5.41, 5.74) is -0.431. The van der Waals surface area contributed by atoms with Gasteiger partial charge in [0.25, 0.3) is 0 Å². The average Bonchev–Trinajstić information content (AvgIpc) is 2.30. The molecular weight excluding hydrogens is 216 g/mol. The lowest BCUT2D eigenvalue weighted by molar-refractivity contribution is -0.154. The zero-order chi connectivity index (χ0) is 12.3. The number of hydrogen-bond acceptors (Lipinski definition) is 2. The third-order valence-corrected chi connectivity index (χ3v) is 4.57. The Hall–Kier alpha value is -0.570. The predicted molar refractivity (Wildman–Crippen MR) is 65.9 cm³/mol. The molecule has 0 aromatic rings. The maximum atomic E-state index is 11.7. The van der Waals surface area contributed by atoms with Crippen molar-refractivity contribution in [1.82, 2.24) is 0 Å². The summed E-state index contributed by atoms with van der Waals surface area (Å²) in [5, 5.41) is 9.61. The number of carbonyl (C=O) groups is 1. The van der Waals surface area contributed by atoms with E-state index in [1.165, 1.54) is 6.42 Å². The van der Waals surface area contributed by atoms with Crippen LogP contribution in [0.5, 0.6) is 0 Å². The highest BCUT2D eigenvalue weighted by molar-refractivity contribution is 5.74. The molecular formula is C14H24O3. The Kier molecular flexibility index (Phi) is 4.08. The van der Waals surface area contributed by atoms with Crippen LogP contribution in [0.25, 0.3) is 0 Å². The highest BCUT2D eigenvalue weighted by atomic mass is 16.5. The highest BCUT2D eigenvalue weighted by Crippen LogP contribution is 2.45. The smallest absolute Gasteiger partial charge is 0.309 e. The van der Waals surface area contributed by atoms with Gasteiger partial charge in [-0.25, -0.2) is 0 Å². The summed E-state index contributed by atoms with van der Waals surface area (Å²) in [7, 11) is 0. The number of hydrogen-bond donors (Lipinski definition) is 1. The van der Waals surface area contributed by atoms with E-state index < -0.39 is 11.4 Å². The first-order chi connectivity index (χ1) is 8.12. The second-order valence-electron chi connectivity index (χ2n) is 6.05. The van der Waals surface area contributed by atoms with E-state index in [0.29, 0.717) is 11.8 Å². The minimum absolute atomic E-state index is 0.431. The standard InChI is InChI=1S/C14H24O3/c1-11-3-2-6-14(9-11,13(15)16)10-12-4-7-17-8-5-12/h11-12H,2-10H2,1H3,(H,15,16). The molecule has 2 fully saturated rings. The molecule has 0 radical (unpaired) electrons. The number of aliphatic carboxylic acids is 1. The molecule has 1 saturated heterocycles. The first kappa shape index (κ1) is 12.9. The summed E-state index contributed by atoms with van der Waals surface area (Å²) in [6.45, 7) is 3.83. The summed E-state index contributed by atoms with van der Waals surface area (Å²) in [5.74, 6) is 0.570. The zero-order valence-electron chi connectivity index (χ0n) is 10.8. The van der Waals surface area contributed by atoms with Gasteiger partial charge in [-0.15, -0.1) is 0 Å². The Morgan fingerprint density at radius 1 is 1.35 bits per heavy atom. The molecule has 1 heterocycles. The topological polar surface area (TPSA) is 46.5 Å². The van der Waals surface area contributed by atoms with Gasteiger partial charge in [-0.05, 0) is 43.9 Å². The van der Waals surface area contributed by atoms with Crippen molar-refractivity contribution in [2.45, 2.75) is 51.9 Å². The van der Waals surface area contributed by atoms with E-state index in [1.807, 2.05) is 0 Å². The monoisotopic (exact) mass is 240 g/mol. The lowest BCUT2D eigenvalue weighted by Crippen LogP contribution is -2.38. The molecule has 0 aromatic carbocycles. The van der Waals surface area contributed by atoms with Gasteiger partial charge in [0.1, 0.15) is 0 Å². The van der Waals surface area contributed by atoms with Crippen molar-refractivity contribution < 1.29 is 14.6 Å². The molecule has 1 aliphatic carbocycles. The number of rotatable bonds is 3. The van der Waals surface area contributed by atoms with E-state index >= 15 is 0 Å². The van der Waals surface area contributed by atoms with Crippen molar-refractivity contribution in [2.75, 3.05) is 13.2 Å². The fourth-order valence-electron chi connectivity index (χ4n) is 3.63. The largest absolute Gasteiger partial charge is 0.481 e. The van der Waals surface area contributed by atoms with Crippen molar-refractivity contribution in [3.63, 3.8) is 0 Å². The first-order valence-electron chi connectivity index (χ1n) is 6.93. The van der Waals surface area contributed by atoms with Crippen molar-refractivity contribution in [3.05, 3.63) is 0 Å². The molecule has 2 atom stereocenters. The van der Waals surface area contributed by atoms with Crippen LogP contribution in [0.3, 0.4) is 0 Å². The van der Waals surface area contributed by atoms with E-state index in [0.717, 1.165) is 51.7 Å². The van der Waals surface area contributed by atoms with Crippen LogP contribution in [-0.2, 0) is 9.53 Å². The molecule has 1 saturated carbocycles. The number of carboxylic acid groups (broad SMARTS) is 1. The second kappa shape index (κ2) is 5.38. The Morgan fingerprint density at radius 3 is 2.65 bits per heavy atom. The minimum Gasteiger partial charge on any atom is -0.481 e. The Balaban J connectivity index is 2.02. The fraction of sp³-hybridized carbons (Fsp3) is 0.929. The van der Waals surface area contributed by atoms with Crippen molar-refractivity contribution in [1.29, 1.82) is 0 Å². The summed E-state index contributed by atoms with van der Waals surface area (Å²) >= 11 is 0. The quantitative estimate of drug-likeness (QED) is 0.824. The van der Waals surface area contributed by atoms with Gasteiger partial charge in [0.05, 0.1) is 5.41 Å². The zero-order valence-corrected chi connectivity index (χ0v) is 10.8. The summed E-state index contributed by atoms with van der Waals surface area (Å²) < 4.78 is 5.36. The molecule has 0 amide bonds.